The van der Waals surface area contributed by atoms with Gasteiger partial charge in [0, 0.05) is 18.9 Å². The van der Waals surface area contributed by atoms with Crippen molar-refractivity contribution < 1.29 is 39.2 Å². The van der Waals surface area contributed by atoms with Crippen molar-refractivity contribution in [1.29, 1.82) is 0 Å². The molecule has 0 fully saturated rings. The first kappa shape index (κ1) is 25.4. The van der Waals surface area contributed by atoms with E-state index in [0.29, 0.717) is 24.2 Å². The van der Waals surface area contributed by atoms with Crippen LogP contribution in [-0.2, 0) is 32.2 Å². The first-order chi connectivity index (χ1) is 15.4. The molecule has 0 saturated heterocycles. The fourth-order valence-electron chi connectivity index (χ4n) is 3.03. The van der Waals surface area contributed by atoms with E-state index in [0.717, 1.165) is 11.1 Å². The molecule has 1 unspecified atom stereocenters. The number of carbonyl (C=O) groups is 2. The zero-order valence-electron chi connectivity index (χ0n) is 17.9. The number of benzene rings is 2. The zero-order chi connectivity index (χ0) is 23.3. The van der Waals surface area contributed by atoms with Gasteiger partial charge in [0.25, 0.3) is 0 Å². The van der Waals surface area contributed by atoms with E-state index in [1.807, 2.05) is 0 Å². The number of carbonyl (C=O) groups excluding carboxylic acids is 2. The topological polar surface area (TPSA) is 135 Å². The predicted molar refractivity (Wildman–Crippen MR) is 114 cm³/mol. The molecule has 2 rings (SSSR count). The molecule has 0 aliphatic carbocycles. The third-order valence-electron chi connectivity index (χ3n) is 4.64. The molecule has 0 saturated carbocycles. The van der Waals surface area contributed by atoms with Gasteiger partial charge in [-0.1, -0.05) is 36.4 Å². The number of aliphatic hydroxyl groups is 3. The maximum Gasteiger partial charge on any atom is 0.308 e. The van der Waals surface area contributed by atoms with Crippen molar-refractivity contribution >= 4 is 11.9 Å². The van der Waals surface area contributed by atoms with Crippen molar-refractivity contribution in [2.75, 3.05) is 13.4 Å². The van der Waals surface area contributed by atoms with Crippen LogP contribution in [0.1, 0.15) is 42.7 Å². The first-order valence-electron chi connectivity index (χ1n) is 10.2. The van der Waals surface area contributed by atoms with Gasteiger partial charge in [-0.3, -0.25) is 14.4 Å². The highest BCUT2D eigenvalue weighted by Crippen LogP contribution is 2.18. The Labute approximate surface area is 186 Å². The SMILES string of the molecule is CC(=O)Oc1ccc(CONC(=O)CCC(COCO)Cc2ccc(C(O)O)cc2)cc1. The maximum atomic E-state index is 12.1. The van der Waals surface area contributed by atoms with E-state index in [4.69, 9.17) is 19.4 Å². The van der Waals surface area contributed by atoms with E-state index < -0.39 is 19.1 Å². The monoisotopic (exact) mass is 447 g/mol. The fourth-order valence-corrected chi connectivity index (χ4v) is 3.03. The maximum absolute atomic E-state index is 12.1. The molecule has 0 aliphatic heterocycles. The minimum atomic E-state index is -1.52. The van der Waals surface area contributed by atoms with Crippen LogP contribution in [0.25, 0.3) is 0 Å². The minimum absolute atomic E-state index is 0.0216. The number of hydroxylamine groups is 1. The lowest BCUT2D eigenvalue weighted by atomic mass is 9.94. The van der Waals surface area contributed by atoms with Gasteiger partial charge in [-0.15, -0.1) is 0 Å². The molecule has 1 atom stereocenters. The van der Waals surface area contributed by atoms with E-state index in [1.165, 1.54) is 6.92 Å². The van der Waals surface area contributed by atoms with Crippen molar-refractivity contribution in [3.8, 4) is 5.75 Å². The second-order valence-electron chi connectivity index (χ2n) is 7.28. The summed E-state index contributed by atoms with van der Waals surface area (Å²) in [5, 5.41) is 27.3. The van der Waals surface area contributed by atoms with Gasteiger partial charge in [0.05, 0.1) is 13.2 Å². The average Bonchev–Trinajstić information content (AvgIpc) is 2.76. The van der Waals surface area contributed by atoms with Crippen LogP contribution < -0.4 is 10.2 Å². The number of hydrogen-bond donors (Lipinski definition) is 4. The minimum Gasteiger partial charge on any atom is -0.427 e. The number of nitrogens with one attached hydrogen (secondary N) is 1. The Balaban J connectivity index is 1.76. The Morgan fingerprint density at radius 2 is 1.66 bits per heavy atom. The molecule has 0 aliphatic rings. The summed E-state index contributed by atoms with van der Waals surface area (Å²) in [5.74, 6) is -0.269. The van der Waals surface area contributed by atoms with Gasteiger partial charge < -0.3 is 24.8 Å². The Bertz CT molecular complexity index is 836. The summed E-state index contributed by atoms with van der Waals surface area (Å²) in [5.41, 5.74) is 4.55. The van der Waals surface area contributed by atoms with Gasteiger partial charge in [0.2, 0.25) is 5.91 Å². The number of ether oxygens (including phenoxy) is 2. The van der Waals surface area contributed by atoms with Gasteiger partial charge in [-0.05, 0) is 42.0 Å². The second-order valence-corrected chi connectivity index (χ2v) is 7.28. The Morgan fingerprint density at radius 3 is 2.25 bits per heavy atom. The summed E-state index contributed by atoms with van der Waals surface area (Å²) in [6.07, 6.45) is -0.201. The molecular formula is C23H29NO8. The lowest BCUT2D eigenvalue weighted by Crippen LogP contribution is -2.25. The summed E-state index contributed by atoms with van der Waals surface area (Å²) >= 11 is 0. The van der Waals surface area contributed by atoms with Crippen molar-refractivity contribution in [3.05, 3.63) is 65.2 Å². The summed E-state index contributed by atoms with van der Waals surface area (Å²) < 4.78 is 10.1. The molecule has 9 heteroatoms. The van der Waals surface area contributed by atoms with E-state index in [1.54, 1.807) is 48.5 Å². The molecule has 2 aromatic carbocycles. The number of rotatable bonds is 13. The Morgan fingerprint density at radius 1 is 1.00 bits per heavy atom. The standard InChI is InChI=1S/C23H29NO8/c1-16(26)32-21-9-4-18(5-10-21)14-31-24-22(27)11-6-19(13-30-15-25)12-17-2-7-20(8-3-17)23(28)29/h2-5,7-10,19,23,25,28-29H,6,11-15H2,1H3,(H,24,27). The highest BCUT2D eigenvalue weighted by molar-refractivity contribution is 5.74. The summed E-state index contributed by atoms with van der Waals surface area (Å²) in [7, 11) is 0. The highest BCUT2D eigenvalue weighted by atomic mass is 16.6. The smallest absolute Gasteiger partial charge is 0.308 e. The van der Waals surface area contributed by atoms with Crippen LogP contribution in [0, 0.1) is 5.92 Å². The number of aliphatic hydroxyl groups excluding tert-OH is 2. The molecule has 174 valence electrons. The van der Waals surface area contributed by atoms with Gasteiger partial charge in [-0.25, -0.2) is 5.48 Å². The molecule has 9 nitrogen and oxygen atoms in total. The average molecular weight is 447 g/mol. The van der Waals surface area contributed by atoms with Crippen LogP contribution in [0.3, 0.4) is 0 Å². The Kier molecular flexibility index (Phi) is 10.8. The fraction of sp³-hybridized carbons (Fsp3) is 0.391. The van der Waals surface area contributed by atoms with Gasteiger partial charge >= 0.3 is 5.97 Å². The van der Waals surface area contributed by atoms with E-state index in [2.05, 4.69) is 5.48 Å². The number of amides is 1. The van der Waals surface area contributed by atoms with Gasteiger partial charge in [-0.2, -0.15) is 0 Å². The lowest BCUT2D eigenvalue weighted by molar-refractivity contribution is -0.135. The molecule has 2 aromatic rings. The van der Waals surface area contributed by atoms with Gasteiger partial charge in [0.1, 0.15) is 12.5 Å². The van der Waals surface area contributed by atoms with Crippen LogP contribution in [-0.4, -0.2) is 40.6 Å². The molecule has 32 heavy (non-hydrogen) atoms. The second kappa shape index (κ2) is 13.6. The molecule has 0 bridgehead atoms. The first-order valence-corrected chi connectivity index (χ1v) is 10.2. The molecule has 0 aromatic heterocycles. The quantitative estimate of drug-likeness (QED) is 0.158. The summed E-state index contributed by atoms with van der Waals surface area (Å²) in [6, 6.07) is 13.6. The molecule has 0 heterocycles. The molecule has 0 radical (unpaired) electrons. The van der Waals surface area contributed by atoms with Gasteiger partial charge in [0.15, 0.2) is 6.29 Å². The van der Waals surface area contributed by atoms with Crippen molar-refractivity contribution in [2.24, 2.45) is 5.92 Å². The largest absolute Gasteiger partial charge is 0.427 e. The third-order valence-corrected chi connectivity index (χ3v) is 4.64. The van der Waals surface area contributed by atoms with Crippen LogP contribution in [0.2, 0.25) is 0 Å². The summed E-state index contributed by atoms with van der Waals surface area (Å²) in [4.78, 5) is 28.3. The van der Waals surface area contributed by atoms with Crippen LogP contribution >= 0.6 is 0 Å². The van der Waals surface area contributed by atoms with Crippen molar-refractivity contribution in [2.45, 2.75) is 39.1 Å². The summed E-state index contributed by atoms with van der Waals surface area (Å²) in [6.45, 7) is 1.36. The van der Waals surface area contributed by atoms with Crippen LogP contribution in [0.15, 0.2) is 48.5 Å². The lowest BCUT2D eigenvalue weighted by Gasteiger charge is -2.17. The molecule has 4 N–H and O–H groups in total. The van der Waals surface area contributed by atoms with E-state index >= 15 is 0 Å². The normalized spacial score (nSPS) is 11.9. The van der Waals surface area contributed by atoms with Crippen LogP contribution in [0.4, 0.5) is 0 Å². The third kappa shape index (κ3) is 9.54. The predicted octanol–water partition coefficient (Wildman–Crippen LogP) is 1.75. The number of hydrogen-bond acceptors (Lipinski definition) is 8. The van der Waals surface area contributed by atoms with E-state index in [-0.39, 0.29) is 31.5 Å². The highest BCUT2D eigenvalue weighted by Gasteiger charge is 2.14. The molecule has 0 spiro atoms. The zero-order valence-corrected chi connectivity index (χ0v) is 17.9. The molecule has 1 amide bonds. The molecular weight excluding hydrogens is 418 g/mol. The number of esters is 1. The van der Waals surface area contributed by atoms with Crippen molar-refractivity contribution in [3.63, 3.8) is 0 Å². The van der Waals surface area contributed by atoms with E-state index in [9.17, 15) is 19.8 Å². The van der Waals surface area contributed by atoms with Crippen molar-refractivity contribution in [1.82, 2.24) is 5.48 Å². The van der Waals surface area contributed by atoms with Crippen LogP contribution in [0.5, 0.6) is 5.75 Å². The Hall–Kier alpha value is -2.82.